The number of nitriles is 1. The number of imidazole rings is 1. The Balaban J connectivity index is 0.982. The van der Waals surface area contributed by atoms with Crippen molar-refractivity contribution in [1.82, 2.24) is 33.7 Å². The van der Waals surface area contributed by atoms with Crippen LogP contribution in [0.4, 0.5) is 11.6 Å². The average molecular weight is 1280 g/mol. The van der Waals surface area contributed by atoms with E-state index in [1.54, 1.807) is 80.3 Å². The minimum absolute atomic E-state index is 0.0566. The van der Waals surface area contributed by atoms with Crippen LogP contribution in [0.15, 0.2) is 163 Å². The van der Waals surface area contributed by atoms with Gasteiger partial charge in [0, 0.05) is 54.9 Å². The molecule has 3 aromatic heterocycles. The summed E-state index contributed by atoms with van der Waals surface area (Å²) in [6, 6.07) is 43.9. The minimum Gasteiger partial charge on any atom is -0.497 e. The van der Waals surface area contributed by atoms with Gasteiger partial charge in [-0.05, 0) is 99.8 Å². The molecule has 0 bridgehead atoms. The van der Waals surface area contributed by atoms with Gasteiger partial charge in [-0.2, -0.15) is 10.2 Å². The summed E-state index contributed by atoms with van der Waals surface area (Å²) in [6.07, 6.45) is -2.57. The van der Waals surface area contributed by atoms with Crippen molar-refractivity contribution < 1.29 is 60.7 Å². The monoisotopic (exact) mass is 1280 g/mol. The molecule has 5 heterocycles. The third-order valence-electron chi connectivity index (χ3n) is 15.4. The van der Waals surface area contributed by atoms with E-state index in [4.69, 9.17) is 46.5 Å². The molecule has 2 aliphatic heterocycles. The zero-order chi connectivity index (χ0) is 64.2. The van der Waals surface area contributed by atoms with Crippen LogP contribution in [-0.2, 0) is 47.2 Å². The normalized spacial score (nSPS) is 19.3. The second kappa shape index (κ2) is 29.9. The summed E-state index contributed by atoms with van der Waals surface area (Å²) in [5.74, 6) is 0.609. The predicted molar refractivity (Wildman–Crippen MR) is 338 cm³/mol. The molecule has 26 heteroatoms. The zero-order valence-corrected chi connectivity index (χ0v) is 53.3. The molecule has 2 amide bonds. The van der Waals surface area contributed by atoms with E-state index >= 15 is 4.57 Å². The topological polar surface area (TPSA) is 273 Å². The number of rotatable bonds is 28. The Morgan fingerprint density at radius 1 is 0.747 bits per heavy atom. The lowest BCUT2D eigenvalue weighted by atomic mass is 9.80. The number of methoxy groups -OCH3 is 2. The molecule has 8 atom stereocenters. The third-order valence-corrected chi connectivity index (χ3v) is 19.1. The molecular weight excluding hydrogens is 1210 g/mol. The lowest BCUT2D eigenvalue weighted by molar-refractivity contribution is -0.165. The van der Waals surface area contributed by atoms with E-state index in [1.807, 2.05) is 113 Å². The first-order valence-corrected chi connectivity index (χ1v) is 32.4. The summed E-state index contributed by atoms with van der Waals surface area (Å²) in [5, 5.41) is 15.1. The van der Waals surface area contributed by atoms with Gasteiger partial charge in [0.05, 0.1) is 46.3 Å². The van der Waals surface area contributed by atoms with E-state index in [-0.39, 0.29) is 61.7 Å². The maximum atomic E-state index is 15.5. The molecule has 2 N–H and O–H groups in total. The highest BCUT2D eigenvalue weighted by Crippen LogP contribution is 2.55. The van der Waals surface area contributed by atoms with Gasteiger partial charge in [-0.1, -0.05) is 91.0 Å². The lowest BCUT2D eigenvalue weighted by Crippen LogP contribution is -2.38. The summed E-state index contributed by atoms with van der Waals surface area (Å²) in [4.78, 5) is 58.6. The average Bonchev–Trinajstić information content (AvgIpc) is 1.28. The van der Waals surface area contributed by atoms with Gasteiger partial charge in [0.25, 0.3) is 20.3 Å². The van der Waals surface area contributed by atoms with Gasteiger partial charge in [-0.15, -0.1) is 0 Å². The van der Waals surface area contributed by atoms with Crippen LogP contribution >= 0.6 is 16.1 Å². The molecule has 0 spiro atoms. The smallest absolute Gasteiger partial charge is 0.356 e. The van der Waals surface area contributed by atoms with E-state index in [9.17, 15) is 19.6 Å². The van der Waals surface area contributed by atoms with Gasteiger partial charge in [-0.3, -0.25) is 23.3 Å². The second-order valence-electron chi connectivity index (χ2n) is 21.9. The number of ether oxygens (including phenoxy) is 6. The number of hydrogen-bond donors (Lipinski definition) is 2. The fourth-order valence-corrected chi connectivity index (χ4v) is 13.9. The number of aromatic nitrogens is 6. The quantitative estimate of drug-likeness (QED) is 0.0262. The van der Waals surface area contributed by atoms with Crippen molar-refractivity contribution in [2.24, 2.45) is 0 Å². The van der Waals surface area contributed by atoms with Crippen molar-refractivity contribution in [3.05, 3.63) is 202 Å². The largest absolute Gasteiger partial charge is 0.497 e. The molecule has 0 radical (unpaired) electrons. The molecule has 2 saturated heterocycles. The minimum atomic E-state index is -4.41. The number of nitrogens with one attached hydrogen (secondary N) is 2. The van der Waals surface area contributed by atoms with E-state index in [0.717, 1.165) is 16.7 Å². The maximum absolute atomic E-state index is 15.5. The van der Waals surface area contributed by atoms with E-state index in [2.05, 4.69) is 41.3 Å². The highest BCUT2D eigenvalue weighted by Gasteiger charge is 2.48. The molecule has 8 aromatic rings. The Morgan fingerprint density at radius 3 is 1.88 bits per heavy atom. The first-order chi connectivity index (χ1) is 44.0. The second-order valence-corrected chi connectivity index (χ2v) is 25.4. The van der Waals surface area contributed by atoms with Gasteiger partial charge in [0.15, 0.2) is 29.6 Å². The van der Waals surface area contributed by atoms with E-state index in [1.165, 1.54) is 30.5 Å². The van der Waals surface area contributed by atoms with Gasteiger partial charge in [-0.25, -0.2) is 24.4 Å². The number of benzene rings is 5. The van der Waals surface area contributed by atoms with Crippen molar-refractivity contribution in [2.75, 3.05) is 51.5 Å². The Labute approximate surface area is 528 Å². The molecular formula is C65H72N10O14P2. The Morgan fingerprint density at radius 2 is 1.31 bits per heavy atom. The number of anilines is 2. The third kappa shape index (κ3) is 15.1. The number of nitrogens with zero attached hydrogens (tertiary/aromatic N) is 8. The SMILES string of the molecule is COc1ccc(C(OC[C@H]2O[C@@H](n3cc(C)c(NC(=O)c4ccccc4)nc3=O)C[C@H]2OP(=O)(CO[C@H]2O[C@@H](n3cnc4c(NC(=O)c5ccccc5)ncnc43)C[C@@H]2OP(OCCC#N)N(C(C)C)C(C)C)OC)(c2ccccc2)c2ccc(OC)cc2)cc1. The number of hydrogen-bond acceptors (Lipinski definition) is 20. The zero-order valence-electron chi connectivity index (χ0n) is 51.6. The Kier molecular flexibility index (Phi) is 21.6. The highest BCUT2D eigenvalue weighted by atomic mass is 31.2. The Bertz CT molecular complexity index is 3840. The molecule has 476 valence electrons. The molecule has 24 nitrogen and oxygen atoms in total. The number of aryl methyl sites for hydroxylation is 1. The predicted octanol–water partition coefficient (Wildman–Crippen LogP) is 11.3. The maximum Gasteiger partial charge on any atom is 0.356 e. The van der Waals surface area contributed by atoms with Crippen LogP contribution in [0.5, 0.6) is 11.5 Å². The first kappa shape index (κ1) is 65.8. The summed E-state index contributed by atoms with van der Waals surface area (Å²) in [5.41, 5.74) is 1.94. The molecule has 10 rings (SSSR count). The highest BCUT2D eigenvalue weighted by molar-refractivity contribution is 7.53. The van der Waals surface area contributed by atoms with Crippen LogP contribution in [-0.4, -0.2) is 123 Å². The molecule has 0 aliphatic carbocycles. The molecule has 0 saturated carbocycles. The molecule has 5 aromatic carbocycles. The van der Waals surface area contributed by atoms with Gasteiger partial charge >= 0.3 is 13.3 Å². The van der Waals surface area contributed by atoms with Crippen molar-refractivity contribution in [3.63, 3.8) is 0 Å². The van der Waals surface area contributed by atoms with Gasteiger partial charge in [0.2, 0.25) is 0 Å². The van der Waals surface area contributed by atoms with Crippen LogP contribution in [0.1, 0.15) is 102 Å². The molecule has 2 aliphatic rings. The summed E-state index contributed by atoms with van der Waals surface area (Å²) in [6.45, 7) is 9.59. The number of amides is 2. The van der Waals surface area contributed by atoms with Crippen LogP contribution in [0, 0.1) is 18.3 Å². The van der Waals surface area contributed by atoms with Crippen molar-refractivity contribution in [3.8, 4) is 17.6 Å². The van der Waals surface area contributed by atoms with Gasteiger partial charge in [0.1, 0.15) is 60.0 Å². The first-order valence-electron chi connectivity index (χ1n) is 29.5. The van der Waals surface area contributed by atoms with Gasteiger partial charge < -0.3 is 57.1 Å². The molecule has 91 heavy (non-hydrogen) atoms. The van der Waals surface area contributed by atoms with Crippen LogP contribution in [0.3, 0.4) is 0 Å². The summed E-state index contributed by atoms with van der Waals surface area (Å²) < 4.78 is 85.0. The summed E-state index contributed by atoms with van der Waals surface area (Å²) in [7, 11) is -1.89. The van der Waals surface area contributed by atoms with Crippen LogP contribution in [0.2, 0.25) is 0 Å². The van der Waals surface area contributed by atoms with Crippen molar-refractivity contribution in [2.45, 2.75) is 109 Å². The fourth-order valence-electron chi connectivity index (χ4n) is 10.9. The standard InChI is InChI=1S/C65H72N10O14P2/c1-42(2)75(43(3)4)90(85-34-18-33-66)88-53-36-56(74-40-69-57-59(67-39-68-60(57)74)71-62(77)46-21-14-10-15-22-46)87-63(53)83-41-91(79,82-8)89-52-35-55(73-37-44(5)58(72-64(73)78)70-61(76)45-19-12-9-13-20-45)86-54(52)38-84-65(47-23-16-11-17-24-47,48-25-29-50(80-6)30-26-48)49-27-31-51(81-7)32-28-49/h9-17,19-32,37,39-40,42-43,52-56,63H,18,34-36,38,41H2,1-8H3,(H,67,68,71,77)(H,70,72,76,78)/t52-,53+,54-,55-,56-,63+,90?,91?/m1/s1. The number of fused-ring (bicyclic) bond motifs is 1. The number of carbonyl (C=O) groups is 2. The van der Waals surface area contributed by atoms with E-state index in [0.29, 0.717) is 33.8 Å². The Hall–Kier alpha value is -8.14. The lowest BCUT2D eigenvalue weighted by Gasteiger charge is -2.37. The van der Waals surface area contributed by atoms with Crippen LogP contribution in [0.25, 0.3) is 11.2 Å². The fraction of sp³-hybridized carbons (Fsp3) is 0.354. The van der Waals surface area contributed by atoms with Crippen molar-refractivity contribution in [1.29, 1.82) is 5.26 Å². The van der Waals surface area contributed by atoms with E-state index < -0.39 is 82.6 Å². The molecule has 2 unspecified atom stereocenters. The van der Waals surface area contributed by atoms with Crippen LogP contribution < -0.4 is 25.8 Å². The summed E-state index contributed by atoms with van der Waals surface area (Å²) >= 11 is 0. The molecule has 2 fully saturated rings. The number of carbonyl (C=O) groups excluding carboxylic acids is 2. The van der Waals surface area contributed by atoms with Crippen molar-refractivity contribution >= 4 is 50.7 Å².